The molecule has 1 spiro atoms. The minimum absolute atomic E-state index is 0.0104. The van der Waals surface area contributed by atoms with Crippen LogP contribution in [0.1, 0.15) is 134 Å². The number of hydrogen-bond acceptors (Lipinski definition) is 14. The van der Waals surface area contributed by atoms with E-state index in [1.165, 1.54) is 6.07 Å². The molecule has 103 heavy (non-hydrogen) atoms. The first kappa shape index (κ1) is 74.9. The Morgan fingerprint density at radius 3 is 2.24 bits per heavy atom. The average molecular weight is 1520 g/mol. The molecule has 5 aromatic rings. The van der Waals surface area contributed by atoms with Crippen molar-refractivity contribution in [3.8, 4) is 11.4 Å². The number of hydrogen-bond donors (Lipinski definition) is 8. The standard InChI is InChI=1S/C77H90FIN12O12/c1-5-49-17-18-50-15-11-12-16-52(50)42-90(61(49)6-2)69(98)23-30-81-73(99)51-21-26-76(27-22-51)28-31-89(32-29-76)68(97)25-34-102-33-24-63(92)82-39-64(93)83-41-67(96)87-60(35-48-13-9-8-10-14-48)74(100)84-40-65(94)85-46-80-38-66(95)86-58-20-19-53-47(4)57(78)37-59-70(53)71(58)54-43-91-62(72(54)88-59)36-56-55(75(91)101)44-103-45-77(56,79)7-3/h5-6,8-18,36-37,51,58,60,80H,1-2,7,19-35,38-46H2,3-4H3,(H,81,99)(H,82,92)(H,83,93)(H,84,100)(H,85,94)(H,86,95)(H,87,96)/b18-17-,61-49-. The number of halogens is 2. The number of alkyl halides is 1. The molecule has 11 rings (SSSR count). The van der Waals surface area contributed by atoms with Crippen LogP contribution in [0, 0.1) is 24.1 Å². The third kappa shape index (κ3) is 17.7. The van der Waals surface area contributed by atoms with E-state index in [0.717, 1.165) is 89.3 Å². The molecule has 0 bridgehead atoms. The van der Waals surface area contributed by atoms with Crippen molar-refractivity contribution < 1.29 is 57.0 Å². The molecule has 544 valence electrons. The number of amides is 9. The van der Waals surface area contributed by atoms with E-state index in [0.29, 0.717) is 78.4 Å². The average Bonchev–Trinajstić information content (AvgIpc) is 1.60. The number of carbonyl (C=O) groups excluding carboxylic acids is 9. The Balaban J connectivity index is 0.549. The van der Waals surface area contributed by atoms with Gasteiger partial charge in [0.15, 0.2) is 0 Å². The number of allylic oxidation sites excluding steroid dienone is 4. The number of nitrogens with one attached hydrogen (secondary N) is 8. The molecule has 2 fully saturated rings. The number of rotatable bonds is 28. The second-order valence-corrected chi connectivity index (χ2v) is 29.4. The summed E-state index contributed by atoms with van der Waals surface area (Å²) in [6.45, 7) is 12.8. The molecule has 0 radical (unpaired) electrons. The molecule has 1 saturated heterocycles. The Morgan fingerprint density at radius 2 is 1.49 bits per heavy atom. The van der Waals surface area contributed by atoms with Gasteiger partial charge in [0.05, 0.1) is 111 Å². The highest BCUT2D eigenvalue weighted by atomic mass is 127. The van der Waals surface area contributed by atoms with Gasteiger partial charge in [-0.1, -0.05) is 115 Å². The lowest BCUT2D eigenvalue weighted by molar-refractivity contribution is -0.135. The molecule has 1 saturated carbocycles. The Labute approximate surface area is 611 Å². The van der Waals surface area contributed by atoms with Gasteiger partial charge in [0.1, 0.15) is 11.9 Å². The highest BCUT2D eigenvalue weighted by Crippen LogP contribution is 2.49. The Kier molecular flexibility index (Phi) is 24.7. The number of benzene rings is 3. The van der Waals surface area contributed by atoms with Crippen molar-refractivity contribution in [2.24, 2.45) is 11.3 Å². The van der Waals surface area contributed by atoms with Crippen molar-refractivity contribution in [1.82, 2.24) is 61.9 Å². The van der Waals surface area contributed by atoms with E-state index >= 15 is 4.39 Å². The van der Waals surface area contributed by atoms with Crippen LogP contribution in [0.3, 0.4) is 0 Å². The van der Waals surface area contributed by atoms with Gasteiger partial charge in [-0.2, -0.15) is 0 Å². The fourth-order valence-corrected chi connectivity index (χ4v) is 15.7. The smallest absolute Gasteiger partial charge is 0.257 e. The number of fused-ring (bicyclic) bond motifs is 6. The maximum Gasteiger partial charge on any atom is 0.257 e. The summed E-state index contributed by atoms with van der Waals surface area (Å²) < 4.78 is 28.3. The van der Waals surface area contributed by atoms with Gasteiger partial charge in [-0.05, 0) is 127 Å². The lowest BCUT2D eigenvalue weighted by Crippen LogP contribution is -2.52. The van der Waals surface area contributed by atoms with E-state index in [9.17, 15) is 47.9 Å². The molecule has 2 aliphatic carbocycles. The number of aromatic nitrogens is 2. The number of nitrogens with zero attached hydrogens (tertiary/aromatic N) is 4. The van der Waals surface area contributed by atoms with Crippen LogP contribution in [0.15, 0.2) is 114 Å². The van der Waals surface area contributed by atoms with Crippen molar-refractivity contribution in [3.63, 3.8) is 0 Å². The number of carbonyl (C=O) groups is 9. The zero-order chi connectivity index (χ0) is 73.0. The minimum atomic E-state index is -1.15. The van der Waals surface area contributed by atoms with E-state index in [4.69, 9.17) is 14.5 Å². The summed E-state index contributed by atoms with van der Waals surface area (Å²) >= 11 is 2.36. The molecule has 2 aromatic heterocycles. The van der Waals surface area contributed by atoms with E-state index in [2.05, 4.69) is 85.2 Å². The molecule has 6 heterocycles. The number of aryl methyl sites for hydroxylation is 1. The topological polar surface area (TPSA) is 310 Å². The summed E-state index contributed by atoms with van der Waals surface area (Å²) in [6.07, 6.45) is 14.2. The lowest BCUT2D eigenvalue weighted by Gasteiger charge is -2.45. The summed E-state index contributed by atoms with van der Waals surface area (Å²) in [5.41, 5.74) is 10.2. The van der Waals surface area contributed by atoms with Gasteiger partial charge in [-0.3, -0.25) is 53.3 Å². The quantitative estimate of drug-likeness (QED) is 0.0120. The van der Waals surface area contributed by atoms with Gasteiger partial charge in [-0.15, -0.1) is 0 Å². The zero-order valence-corrected chi connectivity index (χ0v) is 60.5. The van der Waals surface area contributed by atoms with Crippen LogP contribution in [-0.2, 0) is 88.6 Å². The fraction of sp³-hybridized carbons (Fsp3) is 0.442. The monoisotopic (exact) mass is 1520 g/mol. The van der Waals surface area contributed by atoms with Crippen LogP contribution in [0.4, 0.5) is 4.39 Å². The molecular weight excluding hydrogens is 1430 g/mol. The number of piperidine rings is 1. The molecule has 6 aliphatic rings. The number of likely N-dealkylation sites (tertiary alicyclic amines) is 1. The van der Waals surface area contributed by atoms with Crippen LogP contribution in [0.25, 0.3) is 28.4 Å². The van der Waals surface area contributed by atoms with Crippen LogP contribution < -0.4 is 48.1 Å². The second kappa shape index (κ2) is 33.9. The van der Waals surface area contributed by atoms with Crippen LogP contribution in [0.2, 0.25) is 0 Å². The van der Waals surface area contributed by atoms with Crippen molar-refractivity contribution in [2.45, 2.75) is 133 Å². The van der Waals surface area contributed by atoms with Gasteiger partial charge in [0, 0.05) is 67.4 Å². The third-order valence-electron chi connectivity index (χ3n) is 20.9. The summed E-state index contributed by atoms with van der Waals surface area (Å²) in [5.74, 6) is -4.22. The van der Waals surface area contributed by atoms with E-state index < -0.39 is 64.7 Å². The maximum atomic E-state index is 15.5. The van der Waals surface area contributed by atoms with E-state index in [-0.39, 0.29) is 118 Å². The molecule has 3 aromatic carbocycles. The van der Waals surface area contributed by atoms with E-state index in [1.54, 1.807) is 58.9 Å². The summed E-state index contributed by atoms with van der Waals surface area (Å²) in [6, 6.07) is 18.6. The Hall–Kier alpha value is -9.25. The highest BCUT2D eigenvalue weighted by Gasteiger charge is 2.42. The molecule has 24 nitrogen and oxygen atoms in total. The van der Waals surface area contributed by atoms with Gasteiger partial charge in [-0.25, -0.2) is 9.37 Å². The van der Waals surface area contributed by atoms with E-state index in [1.807, 2.05) is 47.4 Å². The molecule has 4 aliphatic heterocycles. The van der Waals surface area contributed by atoms with Crippen LogP contribution in [0.5, 0.6) is 0 Å². The van der Waals surface area contributed by atoms with Crippen LogP contribution in [-0.4, -0.2) is 151 Å². The SMILES string of the molecule is C=CC1=C(\C=C)N(C(=O)CCNC(=O)C2CCC3(CC2)CCN(C(=O)CCOCCC(=O)NCC(=O)NCC(=O)NC(Cc2ccccc2)C(=O)NCC(=O)NCNCC(=O)NC2CCc4c(C)c(F)cc5nc6c(c2c45)Cn2c-6cc4c(c2=O)COCC4(I)CC)CC3)Cc2ccccc2/C=C\1. The Bertz CT molecular complexity index is 4270. The van der Waals surface area contributed by atoms with Crippen molar-refractivity contribution in [1.29, 1.82) is 0 Å². The van der Waals surface area contributed by atoms with Crippen molar-refractivity contribution >= 4 is 92.7 Å². The summed E-state index contributed by atoms with van der Waals surface area (Å²) in [4.78, 5) is 142. The van der Waals surface area contributed by atoms with Gasteiger partial charge >= 0.3 is 0 Å². The third-order valence-corrected chi connectivity index (χ3v) is 22.6. The highest BCUT2D eigenvalue weighted by molar-refractivity contribution is 14.1. The van der Waals surface area contributed by atoms with Gasteiger partial charge in [0.25, 0.3) is 5.56 Å². The largest absolute Gasteiger partial charge is 0.380 e. The second-order valence-electron chi connectivity index (χ2n) is 27.3. The number of ether oxygens (including phenoxy) is 2. The minimum Gasteiger partial charge on any atom is -0.380 e. The summed E-state index contributed by atoms with van der Waals surface area (Å²) in [5, 5.41) is 22.6. The first-order chi connectivity index (χ1) is 49.7. The van der Waals surface area contributed by atoms with Gasteiger partial charge < -0.3 is 61.1 Å². The molecule has 26 heteroatoms. The first-order valence-corrected chi connectivity index (χ1v) is 36.6. The van der Waals surface area contributed by atoms with Gasteiger partial charge in [0.2, 0.25) is 53.2 Å². The normalized spacial score (nSPS) is 19.2. The molecule has 3 unspecified atom stereocenters. The molecule has 9 amide bonds. The maximum absolute atomic E-state index is 15.5. The fourth-order valence-electron chi connectivity index (χ4n) is 15.0. The Morgan fingerprint density at radius 1 is 0.767 bits per heavy atom. The first-order valence-electron chi connectivity index (χ1n) is 35.5. The van der Waals surface area contributed by atoms with Crippen LogP contribution >= 0.6 is 22.6 Å². The summed E-state index contributed by atoms with van der Waals surface area (Å²) in [7, 11) is 0. The predicted molar refractivity (Wildman–Crippen MR) is 394 cm³/mol. The predicted octanol–water partition coefficient (Wildman–Crippen LogP) is 6.07. The zero-order valence-electron chi connectivity index (χ0n) is 58.3. The number of pyridine rings is 2. The lowest BCUT2D eigenvalue weighted by atomic mass is 9.65. The molecular formula is C77H90FIN12O12. The van der Waals surface area contributed by atoms with Crippen molar-refractivity contribution in [3.05, 3.63) is 176 Å². The van der Waals surface area contributed by atoms with Crippen molar-refractivity contribution in [2.75, 3.05) is 72.3 Å². The molecule has 3 atom stereocenters. The molecule has 8 N–H and O–H groups in total.